The normalized spacial score (nSPS) is 39.9. The van der Waals surface area contributed by atoms with E-state index in [1.807, 2.05) is 62.5 Å². The molecule has 0 radical (unpaired) electrons. The third-order valence-corrected chi connectivity index (χ3v) is 9.49. The zero-order chi connectivity index (χ0) is 28.1. The molecule has 1 saturated heterocycles. The van der Waals surface area contributed by atoms with Crippen LogP contribution < -0.4 is 5.32 Å². The molecule has 39 heavy (non-hydrogen) atoms. The number of allylic oxidation sites excluding steroid dienone is 2. The number of H-pyrrole nitrogens is 1. The van der Waals surface area contributed by atoms with Crippen molar-refractivity contribution in [1.29, 1.82) is 0 Å². The quantitative estimate of drug-likeness (QED) is 0.299. The summed E-state index contributed by atoms with van der Waals surface area (Å²) < 4.78 is 0. The number of Topliss-reactive ketones (excluding diaryl/α,β-unsaturated/α-hetero) is 1. The minimum absolute atomic E-state index is 0.0241. The smallest absolute Gasteiger partial charge is 0.235 e. The molecule has 7 nitrogen and oxygen atoms in total. The Bertz CT molecular complexity index is 1340. The van der Waals surface area contributed by atoms with Gasteiger partial charge in [0.05, 0.1) is 12.2 Å². The van der Waals surface area contributed by atoms with Crippen LogP contribution >= 0.6 is 0 Å². The van der Waals surface area contributed by atoms with Crippen molar-refractivity contribution in [3.8, 4) is 0 Å². The molecule has 2 heterocycles. The molecule has 3 aliphatic rings. The maximum absolute atomic E-state index is 14.3. The third-order valence-electron chi connectivity index (χ3n) is 9.49. The minimum Gasteiger partial charge on any atom is -0.390 e. The number of aliphatic hydroxyl groups is 3. The molecule has 7 heteroatoms. The average Bonchev–Trinajstić information content (AvgIpc) is 3.45. The molecule has 5 rings (SSSR count). The Morgan fingerprint density at radius 2 is 1.85 bits per heavy atom. The summed E-state index contributed by atoms with van der Waals surface area (Å²) in [6, 6.07) is 7.65. The number of rotatable bonds is 2. The van der Waals surface area contributed by atoms with Gasteiger partial charge in [-0.05, 0) is 60.8 Å². The summed E-state index contributed by atoms with van der Waals surface area (Å²) >= 11 is 0. The number of hydrogen-bond acceptors (Lipinski definition) is 5. The van der Waals surface area contributed by atoms with Crippen LogP contribution in [0.4, 0.5) is 0 Å². The van der Waals surface area contributed by atoms with Gasteiger partial charge in [0.15, 0.2) is 0 Å². The summed E-state index contributed by atoms with van der Waals surface area (Å²) in [6.07, 6.45) is 5.44. The van der Waals surface area contributed by atoms with E-state index < -0.39 is 35.6 Å². The van der Waals surface area contributed by atoms with Gasteiger partial charge in [-0.25, -0.2) is 0 Å². The monoisotopic (exact) mass is 532 g/mol. The highest BCUT2D eigenvalue weighted by atomic mass is 16.3. The van der Waals surface area contributed by atoms with Gasteiger partial charge in [-0.2, -0.15) is 0 Å². The van der Waals surface area contributed by atoms with E-state index >= 15 is 0 Å². The Balaban J connectivity index is 1.59. The average molecular weight is 533 g/mol. The summed E-state index contributed by atoms with van der Waals surface area (Å²) in [4.78, 5) is 31.7. The van der Waals surface area contributed by atoms with Crippen LogP contribution in [-0.2, 0) is 16.0 Å². The second-order valence-electron chi connectivity index (χ2n) is 11.9. The summed E-state index contributed by atoms with van der Waals surface area (Å²) in [5.41, 5.74) is 1.84. The van der Waals surface area contributed by atoms with Crippen LogP contribution in [0.5, 0.6) is 0 Å². The number of carbonyl (C=O) groups is 2. The first-order valence-corrected chi connectivity index (χ1v) is 14.0. The van der Waals surface area contributed by atoms with E-state index in [1.54, 1.807) is 6.92 Å². The van der Waals surface area contributed by atoms with Crippen molar-refractivity contribution in [2.24, 2.45) is 29.1 Å². The van der Waals surface area contributed by atoms with Crippen LogP contribution in [0.2, 0.25) is 0 Å². The molecule has 1 spiro atoms. The summed E-state index contributed by atoms with van der Waals surface area (Å²) in [7, 11) is 0. The topological polar surface area (TPSA) is 123 Å². The maximum atomic E-state index is 14.3. The van der Waals surface area contributed by atoms with E-state index in [0.29, 0.717) is 24.0 Å². The predicted molar refractivity (Wildman–Crippen MR) is 151 cm³/mol. The van der Waals surface area contributed by atoms with Crippen LogP contribution in [-0.4, -0.2) is 56.3 Å². The summed E-state index contributed by atoms with van der Waals surface area (Å²) in [5, 5.41) is 37.2. The van der Waals surface area contributed by atoms with E-state index in [-0.39, 0.29) is 42.4 Å². The number of aromatic nitrogens is 1. The van der Waals surface area contributed by atoms with Crippen LogP contribution in [0, 0.1) is 29.1 Å². The number of para-hydroxylation sites is 1. The fraction of sp³-hybridized carbons (Fsp3) is 0.500. The zero-order valence-corrected chi connectivity index (χ0v) is 22.9. The number of hydrogen-bond donors (Lipinski definition) is 5. The number of aromatic amines is 1. The molecule has 2 aliphatic carbocycles. The van der Waals surface area contributed by atoms with Crippen molar-refractivity contribution in [2.75, 3.05) is 0 Å². The number of nitrogens with one attached hydrogen (secondary N) is 2. The first-order chi connectivity index (χ1) is 18.6. The van der Waals surface area contributed by atoms with Crippen LogP contribution in [0.3, 0.4) is 0 Å². The van der Waals surface area contributed by atoms with Gasteiger partial charge in [-0.3, -0.25) is 9.59 Å². The van der Waals surface area contributed by atoms with Gasteiger partial charge >= 0.3 is 0 Å². The Labute approximate surface area is 229 Å². The molecule has 2 fully saturated rings. The van der Waals surface area contributed by atoms with Crippen molar-refractivity contribution in [2.45, 2.75) is 70.8 Å². The lowest BCUT2D eigenvalue weighted by molar-refractivity contribution is -0.152. The molecule has 208 valence electrons. The van der Waals surface area contributed by atoms with E-state index in [0.717, 1.165) is 16.5 Å². The van der Waals surface area contributed by atoms with E-state index in [4.69, 9.17) is 0 Å². The first kappa shape index (κ1) is 27.6. The second-order valence-corrected chi connectivity index (χ2v) is 11.9. The predicted octanol–water partition coefficient (Wildman–Crippen LogP) is 3.61. The van der Waals surface area contributed by atoms with Gasteiger partial charge < -0.3 is 25.6 Å². The van der Waals surface area contributed by atoms with E-state index in [2.05, 4.69) is 16.9 Å². The molecule has 2 aromatic rings. The molecule has 1 aromatic carbocycles. The highest BCUT2D eigenvalue weighted by Gasteiger charge is 2.68. The highest BCUT2D eigenvalue weighted by molar-refractivity contribution is 6.09. The largest absolute Gasteiger partial charge is 0.390 e. The number of amides is 1. The Morgan fingerprint density at radius 1 is 1.10 bits per heavy atom. The molecular weight excluding hydrogens is 492 g/mol. The molecule has 1 amide bonds. The third kappa shape index (κ3) is 4.50. The van der Waals surface area contributed by atoms with Gasteiger partial charge in [0.2, 0.25) is 5.91 Å². The Morgan fingerprint density at radius 3 is 2.62 bits per heavy atom. The molecule has 5 N–H and O–H groups in total. The van der Waals surface area contributed by atoms with E-state index in [1.165, 1.54) is 0 Å². The fourth-order valence-electron chi connectivity index (χ4n) is 7.42. The fourth-order valence-corrected chi connectivity index (χ4v) is 7.42. The lowest BCUT2D eigenvalue weighted by Crippen LogP contribution is -2.58. The van der Waals surface area contributed by atoms with Crippen molar-refractivity contribution < 1.29 is 24.9 Å². The van der Waals surface area contributed by atoms with Crippen LogP contribution in [0.25, 0.3) is 10.9 Å². The molecule has 1 saturated carbocycles. The van der Waals surface area contributed by atoms with E-state index in [9.17, 15) is 24.9 Å². The first-order valence-electron chi connectivity index (χ1n) is 14.0. The highest BCUT2D eigenvalue weighted by Crippen LogP contribution is 2.57. The van der Waals surface area contributed by atoms with Gasteiger partial charge in [-0.15, -0.1) is 0 Å². The number of ketones is 1. The van der Waals surface area contributed by atoms with Crippen molar-refractivity contribution in [1.82, 2.24) is 10.3 Å². The lowest BCUT2D eigenvalue weighted by atomic mass is 9.51. The SMILES string of the molecule is C=C1[C@@H](C)[C@H]2[C@H](Cc3c[nH]c4ccccc34)NC(=O)[C@]23C(=O)CC[C@H](O)[C@H](O)/C(C)=C/[C@@H](C)C/C=C/[C@H]3[C@@H]1O. The molecule has 0 bridgehead atoms. The Hall–Kier alpha value is -3.00. The number of fused-ring (bicyclic) bond motifs is 1. The molecular formula is C32H40N2O5. The Kier molecular flexibility index (Phi) is 7.44. The number of carbonyl (C=O) groups excluding carboxylic acids is 2. The lowest BCUT2D eigenvalue weighted by Gasteiger charge is -2.49. The minimum atomic E-state index is -1.50. The van der Waals surface area contributed by atoms with Gasteiger partial charge in [0.25, 0.3) is 0 Å². The second kappa shape index (κ2) is 10.5. The standard InChI is InChI=1S/C32H40N2O5/c1-17-8-7-10-23-30(38)20(4)19(3)28-25(15-21-16-33-24-11-6-5-9-22(21)24)34-31(39)32(23,28)27(36)13-12-26(35)29(37)18(2)14-17/h5-7,9-11,14,16-17,19,23,25-26,28-30,33,35,37-38H,4,8,12-13,15H2,1-3H3,(H,34,39)/b10-7+,18-14+/t17-,19+,23-,25-,26-,28-,29+,30+,32+/m0/s1. The zero-order valence-electron chi connectivity index (χ0n) is 22.9. The molecule has 0 unspecified atom stereocenters. The van der Waals surface area contributed by atoms with Crippen LogP contribution in [0.1, 0.15) is 45.6 Å². The molecule has 1 aromatic heterocycles. The number of aliphatic hydroxyl groups excluding tert-OH is 3. The van der Waals surface area contributed by atoms with Crippen molar-refractivity contribution >= 4 is 22.6 Å². The van der Waals surface area contributed by atoms with Crippen molar-refractivity contribution in [3.63, 3.8) is 0 Å². The van der Waals surface area contributed by atoms with Gasteiger partial charge in [0, 0.05) is 41.4 Å². The van der Waals surface area contributed by atoms with Gasteiger partial charge in [-0.1, -0.05) is 56.9 Å². The molecule has 9 atom stereocenters. The van der Waals surface area contributed by atoms with Crippen molar-refractivity contribution in [3.05, 3.63) is 72.0 Å². The summed E-state index contributed by atoms with van der Waals surface area (Å²) in [6.45, 7) is 9.96. The maximum Gasteiger partial charge on any atom is 0.235 e. The summed E-state index contributed by atoms with van der Waals surface area (Å²) in [5.74, 6) is -2.12. The number of benzene rings is 1. The molecule has 1 aliphatic heterocycles. The van der Waals surface area contributed by atoms with Crippen LogP contribution in [0.15, 0.2) is 66.4 Å². The van der Waals surface area contributed by atoms with Gasteiger partial charge in [0.1, 0.15) is 17.3 Å².